The Labute approximate surface area is 117 Å². The summed E-state index contributed by atoms with van der Waals surface area (Å²) in [6, 6.07) is 7.75. The molecule has 1 unspecified atom stereocenters. The van der Waals surface area contributed by atoms with Gasteiger partial charge < -0.3 is 0 Å². The molecule has 1 aromatic rings. The molecule has 1 aliphatic carbocycles. The van der Waals surface area contributed by atoms with Crippen molar-refractivity contribution in [1.29, 1.82) is 0 Å². The van der Waals surface area contributed by atoms with Crippen molar-refractivity contribution in [2.75, 3.05) is 0 Å². The van der Waals surface area contributed by atoms with Gasteiger partial charge in [-0.3, -0.25) is 0 Å². The smallest absolute Gasteiger partial charge is 0.211 e. The maximum Gasteiger partial charge on any atom is 0.238 e. The summed E-state index contributed by atoms with van der Waals surface area (Å²) in [5.74, 6) is 0.169. The molecule has 0 bridgehead atoms. The van der Waals surface area contributed by atoms with Gasteiger partial charge in [0, 0.05) is 5.57 Å². The Balaban J connectivity index is 2.66. The third-order valence-corrected chi connectivity index (χ3v) is 3.22. The van der Waals surface area contributed by atoms with E-state index in [4.69, 9.17) is 0 Å². The third-order valence-electron chi connectivity index (χ3n) is 3.22. The quantitative estimate of drug-likeness (QED) is 0.480. The lowest BCUT2D eigenvalue weighted by molar-refractivity contribution is 0.546. The molecule has 0 aromatic heterocycles. The molecule has 1 atom stereocenters. The van der Waals surface area contributed by atoms with Crippen LogP contribution in [0.5, 0.6) is 0 Å². The van der Waals surface area contributed by atoms with Crippen molar-refractivity contribution >= 4 is 17.7 Å². The lowest BCUT2D eigenvalue weighted by atomic mass is 9.85. The van der Waals surface area contributed by atoms with E-state index in [1.165, 1.54) is 12.2 Å². The van der Waals surface area contributed by atoms with Crippen molar-refractivity contribution < 1.29 is 9.59 Å². The Morgan fingerprint density at radius 2 is 1.90 bits per heavy atom. The molecule has 0 radical (unpaired) electrons. The van der Waals surface area contributed by atoms with Crippen LogP contribution >= 0.6 is 0 Å². The monoisotopic (exact) mass is 266 g/mol. The van der Waals surface area contributed by atoms with Gasteiger partial charge in [-0.1, -0.05) is 48.9 Å². The van der Waals surface area contributed by atoms with Crippen molar-refractivity contribution in [3.05, 3.63) is 53.6 Å². The zero-order valence-corrected chi connectivity index (χ0v) is 11.3. The van der Waals surface area contributed by atoms with E-state index in [9.17, 15) is 9.59 Å². The van der Waals surface area contributed by atoms with Gasteiger partial charge >= 0.3 is 0 Å². The summed E-state index contributed by atoms with van der Waals surface area (Å²) in [4.78, 5) is 28.9. The molecule has 0 spiro atoms. The standard InChI is InChI=1S/C16H14N2O2/c1-12-4-3-5-14(8-12)15-9-13(2)6-7-16(15,17-10-19)18-11-20/h3-9,13H,1-2H3. The maximum absolute atomic E-state index is 10.7. The van der Waals surface area contributed by atoms with Crippen LogP contribution in [0.3, 0.4) is 0 Å². The average Bonchev–Trinajstić information content (AvgIpc) is 2.42. The fraction of sp³-hybridized carbons (Fsp3) is 0.250. The highest BCUT2D eigenvalue weighted by Gasteiger charge is 2.35. The molecule has 0 saturated heterocycles. The Morgan fingerprint density at radius 3 is 2.50 bits per heavy atom. The van der Waals surface area contributed by atoms with E-state index in [1.807, 2.05) is 50.3 Å². The van der Waals surface area contributed by atoms with E-state index in [2.05, 4.69) is 9.98 Å². The molecule has 0 saturated carbocycles. The van der Waals surface area contributed by atoms with Crippen LogP contribution < -0.4 is 0 Å². The average molecular weight is 266 g/mol. The first-order valence-electron chi connectivity index (χ1n) is 6.28. The van der Waals surface area contributed by atoms with Crippen LogP contribution in [-0.4, -0.2) is 17.8 Å². The summed E-state index contributed by atoms with van der Waals surface area (Å²) >= 11 is 0. The minimum atomic E-state index is -1.34. The highest BCUT2D eigenvalue weighted by molar-refractivity contribution is 5.79. The van der Waals surface area contributed by atoms with Gasteiger partial charge in [0.15, 0.2) is 0 Å². The van der Waals surface area contributed by atoms with Gasteiger partial charge in [0.1, 0.15) is 0 Å². The zero-order valence-electron chi connectivity index (χ0n) is 11.3. The van der Waals surface area contributed by atoms with Crippen LogP contribution in [0.4, 0.5) is 0 Å². The van der Waals surface area contributed by atoms with Crippen LogP contribution in [0.2, 0.25) is 0 Å². The summed E-state index contributed by atoms with van der Waals surface area (Å²) in [5, 5.41) is 0. The van der Waals surface area contributed by atoms with E-state index in [-0.39, 0.29) is 5.92 Å². The molecule has 0 N–H and O–H groups in total. The van der Waals surface area contributed by atoms with Gasteiger partial charge in [0.25, 0.3) is 0 Å². The zero-order chi connectivity index (χ0) is 14.6. The van der Waals surface area contributed by atoms with E-state index < -0.39 is 5.66 Å². The lowest BCUT2D eigenvalue weighted by Crippen LogP contribution is -2.26. The molecule has 0 aliphatic heterocycles. The maximum atomic E-state index is 10.7. The van der Waals surface area contributed by atoms with Gasteiger partial charge in [-0.15, -0.1) is 0 Å². The predicted octanol–water partition coefficient (Wildman–Crippen LogP) is 2.95. The van der Waals surface area contributed by atoms with Crippen LogP contribution in [0, 0.1) is 12.8 Å². The Bertz CT molecular complexity index is 657. The first kappa shape index (κ1) is 13.9. The van der Waals surface area contributed by atoms with Crippen LogP contribution in [0.1, 0.15) is 18.1 Å². The number of aliphatic imine (C=N–C) groups is 2. The van der Waals surface area contributed by atoms with Gasteiger partial charge in [-0.2, -0.15) is 9.98 Å². The Hall–Kier alpha value is -2.54. The number of rotatable bonds is 3. The molecule has 100 valence electrons. The number of hydrogen-bond donors (Lipinski definition) is 0. The summed E-state index contributed by atoms with van der Waals surface area (Å²) in [6.07, 6.45) is 8.44. The molecule has 4 heteroatoms. The third kappa shape index (κ3) is 2.57. The summed E-state index contributed by atoms with van der Waals surface area (Å²) in [5.41, 5.74) is 1.30. The number of isocyanates is 2. The summed E-state index contributed by atoms with van der Waals surface area (Å²) in [7, 11) is 0. The van der Waals surface area contributed by atoms with Gasteiger partial charge in [0.05, 0.1) is 0 Å². The van der Waals surface area contributed by atoms with Crippen molar-refractivity contribution in [3.63, 3.8) is 0 Å². The number of benzene rings is 1. The number of allylic oxidation sites excluding steroid dienone is 2. The number of nitrogens with zero attached hydrogens (tertiary/aromatic N) is 2. The minimum Gasteiger partial charge on any atom is -0.211 e. The number of aryl methyl sites for hydroxylation is 1. The van der Waals surface area contributed by atoms with Gasteiger partial charge in [-0.05, 0) is 24.5 Å². The van der Waals surface area contributed by atoms with Crippen LogP contribution in [0.15, 0.2) is 52.5 Å². The predicted molar refractivity (Wildman–Crippen MR) is 76.4 cm³/mol. The molecule has 4 nitrogen and oxygen atoms in total. The fourth-order valence-electron chi connectivity index (χ4n) is 2.30. The van der Waals surface area contributed by atoms with Crippen molar-refractivity contribution in [2.24, 2.45) is 15.9 Å². The first-order chi connectivity index (χ1) is 9.61. The summed E-state index contributed by atoms with van der Waals surface area (Å²) < 4.78 is 0. The van der Waals surface area contributed by atoms with E-state index in [0.717, 1.165) is 11.1 Å². The van der Waals surface area contributed by atoms with Crippen LogP contribution in [-0.2, 0) is 9.59 Å². The largest absolute Gasteiger partial charge is 0.238 e. The van der Waals surface area contributed by atoms with E-state index >= 15 is 0 Å². The summed E-state index contributed by atoms with van der Waals surface area (Å²) in [6.45, 7) is 3.98. The Morgan fingerprint density at radius 1 is 1.20 bits per heavy atom. The molecule has 0 amide bonds. The number of hydrogen-bond acceptors (Lipinski definition) is 4. The molecule has 0 heterocycles. The van der Waals surface area contributed by atoms with Gasteiger partial charge in [0.2, 0.25) is 17.8 Å². The second-order valence-corrected chi connectivity index (χ2v) is 4.80. The van der Waals surface area contributed by atoms with E-state index in [1.54, 1.807) is 6.08 Å². The van der Waals surface area contributed by atoms with Crippen LogP contribution in [0.25, 0.3) is 5.57 Å². The van der Waals surface area contributed by atoms with Crippen molar-refractivity contribution in [2.45, 2.75) is 19.5 Å². The van der Waals surface area contributed by atoms with Crippen molar-refractivity contribution in [3.8, 4) is 0 Å². The molecule has 20 heavy (non-hydrogen) atoms. The molecular weight excluding hydrogens is 252 g/mol. The number of carbonyl (C=O) groups excluding carboxylic acids is 2. The second kappa shape index (κ2) is 5.62. The molecule has 0 fully saturated rings. The highest BCUT2D eigenvalue weighted by Crippen LogP contribution is 2.37. The molecule has 2 rings (SSSR count). The minimum absolute atomic E-state index is 0.169. The SMILES string of the molecule is Cc1cccc(C2=CC(C)C=CC2(N=C=O)N=C=O)c1. The van der Waals surface area contributed by atoms with Gasteiger partial charge in [-0.25, -0.2) is 9.59 Å². The van der Waals surface area contributed by atoms with E-state index in [0.29, 0.717) is 5.57 Å². The fourth-order valence-corrected chi connectivity index (χ4v) is 2.30. The van der Waals surface area contributed by atoms with Crippen molar-refractivity contribution in [1.82, 2.24) is 0 Å². The molecular formula is C16H14N2O2. The normalized spacial score (nSPS) is 24.3. The Kier molecular flexibility index (Phi) is 3.90. The topological polar surface area (TPSA) is 58.9 Å². The lowest BCUT2D eigenvalue weighted by Gasteiger charge is -2.27. The highest BCUT2D eigenvalue weighted by atomic mass is 16.1. The molecule has 1 aromatic carbocycles. The second-order valence-electron chi connectivity index (χ2n) is 4.80. The molecule has 1 aliphatic rings. The first-order valence-corrected chi connectivity index (χ1v) is 6.28.